The first-order valence-electron chi connectivity index (χ1n) is 5.55. The van der Waals surface area contributed by atoms with E-state index in [0.29, 0.717) is 5.41 Å². The van der Waals surface area contributed by atoms with Gasteiger partial charge >= 0.3 is 0 Å². The molecule has 0 aliphatic heterocycles. The predicted octanol–water partition coefficient (Wildman–Crippen LogP) is 4.27. The number of hydrogen-bond donors (Lipinski definition) is 1. The minimum atomic E-state index is -0.274. The second-order valence-electron chi connectivity index (χ2n) is 6.48. The molecule has 0 bridgehead atoms. The Hall–Kier alpha value is -0.340. The Kier molecular flexibility index (Phi) is 5.01. The first-order valence-corrected chi connectivity index (χ1v) is 5.55. The van der Waals surface area contributed by atoms with Crippen molar-refractivity contribution in [2.45, 2.75) is 60.5 Å². The molecule has 0 saturated heterocycles. The van der Waals surface area contributed by atoms with Gasteiger partial charge in [0.1, 0.15) is 6.10 Å². The third-order valence-electron chi connectivity index (χ3n) is 2.45. The van der Waals surface area contributed by atoms with Crippen LogP contribution in [0.3, 0.4) is 0 Å². The number of rotatable bonds is 5. The van der Waals surface area contributed by atoms with Crippen LogP contribution in [0.15, 0.2) is 12.2 Å². The molecule has 0 aliphatic carbocycles. The molecule has 0 aromatic heterocycles. The lowest BCUT2D eigenvalue weighted by Crippen LogP contribution is -2.23. The summed E-state index contributed by atoms with van der Waals surface area (Å²) in [6, 6.07) is 0. The molecule has 0 aliphatic rings. The molecule has 1 N–H and O–H groups in total. The third kappa shape index (κ3) is 6.69. The summed E-state index contributed by atoms with van der Waals surface area (Å²) in [5, 5.41) is 8.57. The zero-order chi connectivity index (χ0) is 12.3. The van der Waals surface area contributed by atoms with Gasteiger partial charge in [-0.15, -0.1) is 0 Å². The fourth-order valence-electron chi connectivity index (χ4n) is 2.33. The van der Waals surface area contributed by atoms with Crippen LogP contribution in [0.25, 0.3) is 0 Å². The first kappa shape index (κ1) is 14.7. The van der Waals surface area contributed by atoms with Crippen molar-refractivity contribution in [3.05, 3.63) is 12.2 Å². The summed E-state index contributed by atoms with van der Waals surface area (Å²) < 4.78 is 0. The molecule has 0 spiro atoms. The molecule has 0 aromatic rings. The predicted molar refractivity (Wildman–Crippen MR) is 64.8 cm³/mol. The minimum Gasteiger partial charge on any atom is -0.251 e. The Balaban J connectivity index is 4.32. The molecule has 0 amide bonds. The summed E-state index contributed by atoms with van der Waals surface area (Å²) in [5.41, 5.74) is 1.46. The van der Waals surface area contributed by atoms with Crippen LogP contribution < -0.4 is 0 Å². The zero-order valence-electron chi connectivity index (χ0n) is 11.1. The van der Waals surface area contributed by atoms with E-state index in [1.54, 1.807) is 0 Å². The standard InChI is InChI=1S/C13H26O2/c1-10(11(2)15-14)8-13(6,7)9-12(3,4)5/h11,14H,1,8-9H2,2-7H3. The van der Waals surface area contributed by atoms with Gasteiger partial charge in [-0.1, -0.05) is 41.2 Å². The van der Waals surface area contributed by atoms with Crippen LogP contribution in [0.4, 0.5) is 0 Å². The van der Waals surface area contributed by atoms with E-state index in [4.69, 9.17) is 5.26 Å². The van der Waals surface area contributed by atoms with Crippen LogP contribution in [0.1, 0.15) is 54.4 Å². The van der Waals surface area contributed by atoms with Gasteiger partial charge in [-0.2, -0.15) is 0 Å². The van der Waals surface area contributed by atoms with E-state index in [1.807, 2.05) is 6.92 Å². The summed E-state index contributed by atoms with van der Waals surface area (Å²) in [6.45, 7) is 16.9. The summed E-state index contributed by atoms with van der Waals surface area (Å²) >= 11 is 0. The molecule has 0 fully saturated rings. The summed E-state index contributed by atoms with van der Waals surface area (Å²) in [4.78, 5) is 4.29. The molecule has 15 heavy (non-hydrogen) atoms. The SMILES string of the molecule is C=C(CC(C)(C)CC(C)(C)C)C(C)OO. The fraction of sp³-hybridized carbons (Fsp3) is 0.846. The molecular formula is C13H26O2. The lowest BCUT2D eigenvalue weighted by atomic mass is 9.73. The van der Waals surface area contributed by atoms with Gasteiger partial charge in [0, 0.05) is 0 Å². The summed E-state index contributed by atoms with van der Waals surface area (Å²) in [6.07, 6.45) is 1.73. The van der Waals surface area contributed by atoms with Gasteiger partial charge < -0.3 is 0 Å². The van der Waals surface area contributed by atoms with Crippen molar-refractivity contribution in [1.82, 2.24) is 0 Å². The highest BCUT2D eigenvalue weighted by atomic mass is 17.1. The largest absolute Gasteiger partial charge is 0.251 e. The van der Waals surface area contributed by atoms with E-state index in [2.05, 4.69) is 46.1 Å². The fourth-order valence-corrected chi connectivity index (χ4v) is 2.33. The van der Waals surface area contributed by atoms with Crippen LogP contribution in [0, 0.1) is 10.8 Å². The van der Waals surface area contributed by atoms with E-state index in [0.717, 1.165) is 18.4 Å². The Morgan fingerprint density at radius 1 is 1.27 bits per heavy atom. The van der Waals surface area contributed by atoms with Gasteiger partial charge in [-0.3, -0.25) is 5.26 Å². The molecule has 0 heterocycles. The third-order valence-corrected chi connectivity index (χ3v) is 2.45. The summed E-state index contributed by atoms with van der Waals surface area (Å²) in [5.74, 6) is 0. The molecule has 0 radical (unpaired) electrons. The Bertz CT molecular complexity index is 211. The zero-order valence-corrected chi connectivity index (χ0v) is 11.1. The van der Waals surface area contributed by atoms with Gasteiger partial charge in [-0.25, -0.2) is 4.89 Å². The lowest BCUT2D eigenvalue weighted by molar-refractivity contribution is -0.264. The second kappa shape index (κ2) is 5.13. The molecular weight excluding hydrogens is 188 g/mol. The Morgan fingerprint density at radius 3 is 2.07 bits per heavy atom. The molecule has 2 nitrogen and oxygen atoms in total. The van der Waals surface area contributed by atoms with Crippen molar-refractivity contribution in [3.8, 4) is 0 Å². The van der Waals surface area contributed by atoms with Crippen molar-refractivity contribution in [2.24, 2.45) is 10.8 Å². The molecule has 0 saturated carbocycles. The smallest absolute Gasteiger partial charge is 0.111 e. The van der Waals surface area contributed by atoms with Gasteiger partial charge in [0.15, 0.2) is 0 Å². The lowest BCUT2D eigenvalue weighted by Gasteiger charge is -2.33. The molecule has 1 atom stereocenters. The quantitative estimate of drug-likeness (QED) is 0.420. The van der Waals surface area contributed by atoms with E-state index in [1.165, 1.54) is 0 Å². The monoisotopic (exact) mass is 214 g/mol. The van der Waals surface area contributed by atoms with E-state index >= 15 is 0 Å². The highest BCUT2D eigenvalue weighted by molar-refractivity contribution is 5.04. The van der Waals surface area contributed by atoms with Crippen molar-refractivity contribution in [3.63, 3.8) is 0 Å². The van der Waals surface area contributed by atoms with Crippen molar-refractivity contribution < 1.29 is 10.1 Å². The first-order chi connectivity index (χ1) is 6.57. The van der Waals surface area contributed by atoms with Crippen molar-refractivity contribution in [1.29, 1.82) is 0 Å². The molecule has 2 heteroatoms. The number of hydrogen-bond acceptors (Lipinski definition) is 2. The van der Waals surface area contributed by atoms with Crippen molar-refractivity contribution >= 4 is 0 Å². The van der Waals surface area contributed by atoms with Crippen LogP contribution in [0.5, 0.6) is 0 Å². The minimum absolute atomic E-state index is 0.197. The van der Waals surface area contributed by atoms with E-state index in [9.17, 15) is 0 Å². The maximum absolute atomic E-state index is 8.57. The molecule has 1 unspecified atom stereocenters. The molecule has 0 rings (SSSR count). The van der Waals surface area contributed by atoms with Crippen LogP contribution in [0.2, 0.25) is 0 Å². The maximum atomic E-state index is 8.57. The van der Waals surface area contributed by atoms with Gasteiger partial charge in [-0.05, 0) is 36.2 Å². The highest BCUT2D eigenvalue weighted by Crippen LogP contribution is 2.38. The van der Waals surface area contributed by atoms with E-state index < -0.39 is 0 Å². The molecule has 90 valence electrons. The van der Waals surface area contributed by atoms with Crippen LogP contribution in [-0.2, 0) is 4.89 Å². The van der Waals surface area contributed by atoms with Gasteiger partial charge in [0.05, 0.1) is 0 Å². The Morgan fingerprint density at radius 2 is 1.73 bits per heavy atom. The maximum Gasteiger partial charge on any atom is 0.111 e. The van der Waals surface area contributed by atoms with Gasteiger partial charge in [0.25, 0.3) is 0 Å². The second-order valence-corrected chi connectivity index (χ2v) is 6.48. The van der Waals surface area contributed by atoms with Crippen LogP contribution in [-0.4, -0.2) is 11.4 Å². The topological polar surface area (TPSA) is 29.5 Å². The van der Waals surface area contributed by atoms with E-state index in [-0.39, 0.29) is 11.5 Å². The average Bonchev–Trinajstić information content (AvgIpc) is 1.96. The van der Waals surface area contributed by atoms with Crippen LogP contribution >= 0.6 is 0 Å². The normalized spacial score (nSPS) is 15.1. The molecule has 0 aromatic carbocycles. The van der Waals surface area contributed by atoms with Gasteiger partial charge in [0.2, 0.25) is 0 Å². The Labute approximate surface area is 94.3 Å². The highest BCUT2D eigenvalue weighted by Gasteiger charge is 2.27. The van der Waals surface area contributed by atoms with Crippen molar-refractivity contribution in [2.75, 3.05) is 0 Å². The summed E-state index contributed by atoms with van der Waals surface area (Å²) in [7, 11) is 0. The average molecular weight is 214 g/mol.